The number of ether oxygens (including phenoxy) is 1. The zero-order valence-corrected chi connectivity index (χ0v) is 26.5. The number of amides is 2. The topological polar surface area (TPSA) is 69.2 Å². The molecule has 5 rings (SSSR count). The van der Waals surface area contributed by atoms with Crippen LogP contribution in [-0.2, 0) is 20.9 Å². The summed E-state index contributed by atoms with van der Waals surface area (Å²) in [6.45, 7) is 13.8. The van der Waals surface area contributed by atoms with Crippen LogP contribution in [0, 0.1) is 0 Å². The van der Waals surface area contributed by atoms with Crippen LogP contribution in [0.5, 0.6) is 0 Å². The highest BCUT2D eigenvalue weighted by Gasteiger charge is 2.44. The molecule has 0 N–H and O–H groups in total. The van der Waals surface area contributed by atoms with Crippen LogP contribution >= 0.6 is 0 Å². The van der Waals surface area contributed by atoms with Crippen molar-refractivity contribution in [2.75, 3.05) is 50.7 Å². The van der Waals surface area contributed by atoms with Gasteiger partial charge in [-0.15, -0.1) is 0 Å². The minimum Gasteiger partial charge on any atom is -0.444 e. The van der Waals surface area contributed by atoms with Crippen molar-refractivity contribution in [2.24, 2.45) is 0 Å². The average molecular weight is 616 g/mol. The normalized spacial score (nSPS) is 24.4. The van der Waals surface area contributed by atoms with Crippen LogP contribution in [0.1, 0.15) is 64.8 Å². The van der Waals surface area contributed by atoms with E-state index in [1.54, 1.807) is 28.0 Å². The summed E-state index contributed by atoms with van der Waals surface area (Å²) in [5.41, 5.74) is -0.608. The van der Waals surface area contributed by atoms with Crippen molar-refractivity contribution in [2.45, 2.75) is 83.2 Å². The third-order valence-corrected chi connectivity index (χ3v) is 8.76. The van der Waals surface area contributed by atoms with Gasteiger partial charge in [0.15, 0.2) is 0 Å². The predicted molar refractivity (Wildman–Crippen MR) is 163 cm³/mol. The van der Waals surface area contributed by atoms with E-state index in [9.17, 15) is 14.0 Å². The number of hydrogen-bond donors (Lipinski definition) is 0. The highest BCUT2D eigenvalue weighted by atomic mass is 19.3. The SMILES string of the molecule is C[C@@H]1CN(CC(=O)N2CC(C)(C)c3ncc(C(F)(F)c4ccccc4)cc32)[C@@H](CN2CC[C@@H](F)C2)CN1C(=O)OC(C)(C)C. The highest BCUT2D eigenvalue weighted by Crippen LogP contribution is 2.43. The number of nitrogens with zero attached hydrogens (tertiary/aromatic N) is 5. The lowest BCUT2D eigenvalue weighted by atomic mass is 9.90. The average Bonchev–Trinajstić information content (AvgIpc) is 3.48. The van der Waals surface area contributed by atoms with Crippen molar-refractivity contribution in [1.29, 1.82) is 0 Å². The molecule has 11 heteroatoms. The molecule has 0 unspecified atom stereocenters. The molecule has 0 spiro atoms. The Morgan fingerprint density at radius 3 is 2.41 bits per heavy atom. The summed E-state index contributed by atoms with van der Waals surface area (Å²) >= 11 is 0. The van der Waals surface area contributed by atoms with Crippen molar-refractivity contribution >= 4 is 17.7 Å². The quantitative estimate of drug-likeness (QED) is 0.445. The number of rotatable bonds is 6. The van der Waals surface area contributed by atoms with E-state index in [1.807, 2.05) is 51.3 Å². The first-order valence-electron chi connectivity index (χ1n) is 15.4. The standard InChI is InChI=1S/C33H44F3N5O3/c1-22-16-39(26(18-38-13-12-25(34)17-38)19-40(22)30(43)44-31(2,3)4)20-28(42)41-21-32(5,6)29-27(41)14-24(15-37-29)33(35,36)23-10-8-7-9-11-23/h7-11,14-15,22,25-26H,12-13,16-21H2,1-6H3/t22-,25-,26+/m1/s1. The van der Waals surface area contributed by atoms with Crippen LogP contribution < -0.4 is 4.90 Å². The molecule has 2 amide bonds. The van der Waals surface area contributed by atoms with Crippen LogP contribution in [0.15, 0.2) is 42.6 Å². The Balaban J connectivity index is 1.39. The second-order valence-corrected chi connectivity index (χ2v) is 14.1. The summed E-state index contributed by atoms with van der Waals surface area (Å²) in [6, 6.07) is 8.50. The van der Waals surface area contributed by atoms with Crippen molar-refractivity contribution in [3.8, 4) is 0 Å². The van der Waals surface area contributed by atoms with E-state index < -0.39 is 29.2 Å². The van der Waals surface area contributed by atoms with E-state index in [1.165, 1.54) is 24.4 Å². The summed E-state index contributed by atoms with van der Waals surface area (Å²) in [6.07, 6.45) is 0.358. The Labute approximate surface area is 258 Å². The number of anilines is 1. The van der Waals surface area contributed by atoms with Gasteiger partial charge in [-0.3, -0.25) is 19.6 Å². The summed E-state index contributed by atoms with van der Waals surface area (Å²) in [4.78, 5) is 38.9. The third kappa shape index (κ3) is 6.73. The van der Waals surface area contributed by atoms with Gasteiger partial charge in [-0.1, -0.05) is 44.2 Å². The van der Waals surface area contributed by atoms with Gasteiger partial charge in [0, 0.05) is 74.1 Å². The van der Waals surface area contributed by atoms with Gasteiger partial charge in [-0.2, -0.15) is 8.78 Å². The molecule has 4 heterocycles. The smallest absolute Gasteiger partial charge is 0.410 e. The molecule has 0 aliphatic carbocycles. The first kappa shape index (κ1) is 32.2. The number of aromatic nitrogens is 1. The fourth-order valence-electron chi connectivity index (χ4n) is 6.50. The molecule has 3 aliphatic rings. The first-order chi connectivity index (χ1) is 20.5. The van der Waals surface area contributed by atoms with Gasteiger partial charge in [0.1, 0.15) is 11.8 Å². The molecule has 8 nitrogen and oxygen atoms in total. The highest BCUT2D eigenvalue weighted by molar-refractivity contribution is 5.97. The zero-order valence-electron chi connectivity index (χ0n) is 26.5. The minimum atomic E-state index is -3.28. The Morgan fingerprint density at radius 1 is 1.07 bits per heavy atom. The van der Waals surface area contributed by atoms with E-state index in [2.05, 4.69) is 4.98 Å². The van der Waals surface area contributed by atoms with Gasteiger partial charge in [-0.25, -0.2) is 9.18 Å². The molecular formula is C33H44F3N5O3. The van der Waals surface area contributed by atoms with Crippen LogP contribution in [0.25, 0.3) is 0 Å². The van der Waals surface area contributed by atoms with Crippen LogP contribution in [0.3, 0.4) is 0 Å². The summed E-state index contributed by atoms with van der Waals surface area (Å²) < 4.78 is 50.8. The minimum absolute atomic E-state index is 0.0267. The van der Waals surface area contributed by atoms with Gasteiger partial charge in [0.25, 0.3) is 5.92 Å². The molecule has 2 fully saturated rings. The number of benzene rings is 1. The Morgan fingerprint density at radius 2 is 1.77 bits per heavy atom. The maximum atomic E-state index is 15.5. The number of pyridine rings is 1. The maximum absolute atomic E-state index is 15.5. The summed E-state index contributed by atoms with van der Waals surface area (Å²) in [7, 11) is 0. The second-order valence-electron chi connectivity index (χ2n) is 14.1. The number of alkyl halides is 3. The Kier molecular flexibility index (Phi) is 8.76. The number of piperazine rings is 1. The van der Waals surface area contributed by atoms with E-state index in [0.29, 0.717) is 57.1 Å². The molecule has 0 bridgehead atoms. The largest absolute Gasteiger partial charge is 0.444 e. The molecule has 240 valence electrons. The third-order valence-electron chi connectivity index (χ3n) is 8.76. The molecule has 2 saturated heterocycles. The molecule has 0 radical (unpaired) electrons. The molecular weight excluding hydrogens is 571 g/mol. The summed E-state index contributed by atoms with van der Waals surface area (Å²) in [5.74, 6) is -3.51. The Hall–Kier alpha value is -3.18. The van der Waals surface area contributed by atoms with E-state index >= 15 is 8.78 Å². The first-order valence-corrected chi connectivity index (χ1v) is 15.4. The van der Waals surface area contributed by atoms with E-state index in [4.69, 9.17) is 4.74 Å². The van der Waals surface area contributed by atoms with Crippen molar-refractivity contribution in [3.05, 3.63) is 59.4 Å². The zero-order chi connectivity index (χ0) is 32.0. The second kappa shape index (κ2) is 12.0. The molecule has 1 aromatic heterocycles. The van der Waals surface area contributed by atoms with Crippen molar-refractivity contribution in [3.63, 3.8) is 0 Å². The van der Waals surface area contributed by atoms with Gasteiger partial charge in [0.05, 0.1) is 17.9 Å². The lowest BCUT2D eigenvalue weighted by Crippen LogP contribution is -2.63. The van der Waals surface area contributed by atoms with Crippen molar-refractivity contribution < 1.29 is 27.5 Å². The predicted octanol–water partition coefficient (Wildman–Crippen LogP) is 5.20. The van der Waals surface area contributed by atoms with Crippen LogP contribution in [0.2, 0.25) is 0 Å². The number of likely N-dealkylation sites (tertiary alicyclic amines) is 1. The van der Waals surface area contributed by atoms with Gasteiger partial charge in [0.2, 0.25) is 5.91 Å². The molecule has 2 aromatic rings. The lowest BCUT2D eigenvalue weighted by Gasteiger charge is -2.46. The van der Waals surface area contributed by atoms with Crippen molar-refractivity contribution in [1.82, 2.24) is 19.7 Å². The number of carbonyl (C=O) groups is 2. The molecule has 0 saturated carbocycles. The molecule has 3 atom stereocenters. The van der Waals surface area contributed by atoms with Gasteiger partial charge < -0.3 is 14.5 Å². The number of carbonyl (C=O) groups excluding carboxylic acids is 2. The van der Waals surface area contributed by atoms with Gasteiger partial charge >= 0.3 is 6.09 Å². The summed E-state index contributed by atoms with van der Waals surface area (Å²) in [5, 5.41) is 0. The van der Waals surface area contributed by atoms with Crippen LogP contribution in [0.4, 0.5) is 23.7 Å². The number of fused-ring (bicyclic) bond motifs is 1. The molecule has 3 aliphatic heterocycles. The monoisotopic (exact) mass is 615 g/mol. The fourth-order valence-corrected chi connectivity index (χ4v) is 6.50. The number of halogens is 3. The molecule has 44 heavy (non-hydrogen) atoms. The number of hydrogen-bond acceptors (Lipinski definition) is 6. The maximum Gasteiger partial charge on any atom is 0.410 e. The fraction of sp³-hybridized carbons (Fsp3) is 0.606. The van der Waals surface area contributed by atoms with Crippen LogP contribution in [-0.4, -0.2) is 101 Å². The Bertz CT molecular complexity index is 1370. The lowest BCUT2D eigenvalue weighted by molar-refractivity contribution is -0.121. The van der Waals surface area contributed by atoms with E-state index in [0.717, 1.165) is 0 Å². The van der Waals surface area contributed by atoms with E-state index in [-0.39, 0.29) is 35.7 Å². The van der Waals surface area contributed by atoms with Gasteiger partial charge in [-0.05, 0) is 40.2 Å². The molecule has 1 aromatic carbocycles.